The maximum atomic E-state index is 12.6. The average Bonchev–Trinajstić information content (AvgIpc) is 3.25. The number of carbonyl (C=O) groups is 3. The van der Waals surface area contributed by atoms with Gasteiger partial charge in [0, 0.05) is 17.8 Å². The van der Waals surface area contributed by atoms with Gasteiger partial charge < -0.3 is 5.32 Å². The molecule has 1 aliphatic heterocycles. The molecular formula is C17H17N3O5. The van der Waals surface area contributed by atoms with Crippen molar-refractivity contribution in [2.24, 2.45) is 23.7 Å². The van der Waals surface area contributed by atoms with Gasteiger partial charge in [-0.15, -0.1) is 0 Å². The molecule has 2 aliphatic carbocycles. The number of likely N-dealkylation sites (tertiary alicyclic amines) is 1. The average molecular weight is 343 g/mol. The van der Waals surface area contributed by atoms with E-state index in [1.807, 2.05) is 0 Å². The van der Waals surface area contributed by atoms with E-state index >= 15 is 0 Å². The summed E-state index contributed by atoms with van der Waals surface area (Å²) >= 11 is 0. The van der Waals surface area contributed by atoms with E-state index in [2.05, 4.69) is 5.32 Å². The fraction of sp³-hybridized carbons (Fsp3) is 0.471. The zero-order valence-electron chi connectivity index (χ0n) is 13.4. The maximum Gasteiger partial charge on any atom is 0.271 e. The Morgan fingerprint density at radius 1 is 1.20 bits per heavy atom. The van der Waals surface area contributed by atoms with Crippen molar-refractivity contribution < 1.29 is 19.3 Å². The summed E-state index contributed by atoms with van der Waals surface area (Å²) < 4.78 is 0. The summed E-state index contributed by atoms with van der Waals surface area (Å²) in [5, 5.41) is 13.3. The second kappa shape index (κ2) is 5.65. The molecule has 4 atom stereocenters. The lowest BCUT2D eigenvalue weighted by molar-refractivity contribution is -0.384. The van der Waals surface area contributed by atoms with Crippen molar-refractivity contribution in [3.05, 3.63) is 34.4 Å². The second-order valence-corrected chi connectivity index (χ2v) is 7.00. The highest BCUT2D eigenvalue weighted by Gasteiger charge is 2.60. The van der Waals surface area contributed by atoms with Gasteiger partial charge >= 0.3 is 0 Å². The first-order valence-electron chi connectivity index (χ1n) is 8.35. The number of non-ortho nitro benzene ring substituents is 1. The van der Waals surface area contributed by atoms with Crippen molar-refractivity contribution in [3.8, 4) is 0 Å². The first-order valence-corrected chi connectivity index (χ1v) is 8.35. The fourth-order valence-electron chi connectivity index (χ4n) is 4.67. The number of fused-ring (bicyclic) bond motifs is 5. The summed E-state index contributed by atoms with van der Waals surface area (Å²) in [5.74, 6) is -0.969. The van der Waals surface area contributed by atoms with E-state index in [9.17, 15) is 24.5 Å². The molecule has 2 saturated carbocycles. The molecule has 1 heterocycles. The van der Waals surface area contributed by atoms with Gasteiger partial charge in [0.1, 0.15) is 6.54 Å². The third-order valence-electron chi connectivity index (χ3n) is 5.66. The van der Waals surface area contributed by atoms with Crippen LogP contribution in [0.2, 0.25) is 0 Å². The van der Waals surface area contributed by atoms with Crippen molar-refractivity contribution in [3.63, 3.8) is 0 Å². The van der Waals surface area contributed by atoms with Crippen molar-refractivity contribution in [2.45, 2.75) is 19.3 Å². The molecule has 1 N–H and O–H groups in total. The molecule has 1 saturated heterocycles. The van der Waals surface area contributed by atoms with Crippen LogP contribution in [0.4, 0.5) is 11.4 Å². The van der Waals surface area contributed by atoms with E-state index in [0.29, 0.717) is 0 Å². The van der Waals surface area contributed by atoms with E-state index in [1.54, 1.807) is 0 Å². The van der Waals surface area contributed by atoms with Gasteiger partial charge in [-0.05, 0) is 37.2 Å². The van der Waals surface area contributed by atoms with E-state index in [0.717, 1.165) is 24.2 Å². The summed E-state index contributed by atoms with van der Waals surface area (Å²) in [6.07, 6.45) is 2.91. The topological polar surface area (TPSA) is 110 Å². The lowest BCUT2D eigenvalue weighted by Gasteiger charge is -2.19. The molecule has 4 rings (SSSR count). The normalized spacial score (nSPS) is 29.8. The van der Waals surface area contributed by atoms with Crippen LogP contribution in [0.15, 0.2) is 24.3 Å². The SMILES string of the molecule is O=C(CN1C(=O)[C@H]2[C@H]3CC[C@@H](C3)[C@@H]2C1=O)Nc1cccc([N+](=O)[O-])c1. The molecule has 130 valence electrons. The van der Waals surface area contributed by atoms with Crippen LogP contribution in [0, 0.1) is 33.8 Å². The minimum absolute atomic E-state index is 0.141. The number of rotatable bonds is 4. The third kappa shape index (κ3) is 2.48. The van der Waals surface area contributed by atoms with E-state index in [1.165, 1.54) is 24.3 Å². The molecule has 0 unspecified atom stereocenters. The quantitative estimate of drug-likeness (QED) is 0.507. The molecular weight excluding hydrogens is 326 g/mol. The molecule has 0 radical (unpaired) electrons. The zero-order chi connectivity index (χ0) is 17.7. The number of nitrogens with zero attached hydrogens (tertiary/aromatic N) is 2. The Kier molecular flexibility index (Phi) is 3.55. The standard InChI is InChI=1S/C17H17N3O5/c21-13(18-11-2-1-3-12(7-11)20(24)25)8-19-16(22)14-9-4-5-10(6-9)15(14)17(19)23/h1-3,7,9-10,14-15H,4-6,8H2,(H,18,21)/t9-,10-,14-,15-/m0/s1. The van der Waals surface area contributed by atoms with Gasteiger partial charge in [-0.3, -0.25) is 29.4 Å². The molecule has 0 aromatic heterocycles. The van der Waals surface area contributed by atoms with Crippen LogP contribution in [0.5, 0.6) is 0 Å². The first-order chi connectivity index (χ1) is 12.0. The molecule has 3 amide bonds. The second-order valence-electron chi connectivity index (χ2n) is 7.00. The highest BCUT2D eigenvalue weighted by molar-refractivity contribution is 6.09. The predicted molar refractivity (Wildman–Crippen MR) is 86.3 cm³/mol. The Morgan fingerprint density at radius 3 is 2.44 bits per heavy atom. The lowest BCUT2D eigenvalue weighted by atomic mass is 9.81. The summed E-state index contributed by atoms with van der Waals surface area (Å²) in [4.78, 5) is 48.6. The van der Waals surface area contributed by atoms with Gasteiger partial charge in [0.2, 0.25) is 17.7 Å². The number of anilines is 1. The molecule has 0 spiro atoms. The Bertz CT molecular complexity index is 764. The summed E-state index contributed by atoms with van der Waals surface area (Å²) in [6.45, 7) is -0.340. The van der Waals surface area contributed by atoms with Crippen LogP contribution in [0.1, 0.15) is 19.3 Å². The molecule has 1 aromatic rings. The molecule has 8 nitrogen and oxygen atoms in total. The largest absolute Gasteiger partial charge is 0.324 e. The summed E-state index contributed by atoms with van der Waals surface area (Å²) in [7, 11) is 0. The number of benzene rings is 1. The number of nitro groups is 1. The first kappa shape index (κ1) is 15.7. The van der Waals surface area contributed by atoms with Crippen LogP contribution in [0.3, 0.4) is 0 Å². The van der Waals surface area contributed by atoms with Gasteiger partial charge in [-0.25, -0.2) is 0 Å². The Labute approximate surface area is 143 Å². The fourth-order valence-corrected chi connectivity index (χ4v) is 4.67. The van der Waals surface area contributed by atoms with Gasteiger partial charge in [0.05, 0.1) is 16.8 Å². The van der Waals surface area contributed by atoms with E-state index in [-0.39, 0.29) is 53.4 Å². The Hall–Kier alpha value is -2.77. The number of nitrogens with one attached hydrogen (secondary N) is 1. The molecule has 2 bridgehead atoms. The summed E-state index contributed by atoms with van der Waals surface area (Å²) in [6, 6.07) is 5.54. The number of hydrogen-bond acceptors (Lipinski definition) is 5. The third-order valence-corrected chi connectivity index (χ3v) is 5.66. The van der Waals surface area contributed by atoms with E-state index < -0.39 is 10.8 Å². The van der Waals surface area contributed by atoms with Crippen LogP contribution in [-0.4, -0.2) is 34.1 Å². The van der Waals surface area contributed by atoms with Crippen molar-refractivity contribution in [2.75, 3.05) is 11.9 Å². The van der Waals surface area contributed by atoms with Crippen LogP contribution < -0.4 is 5.32 Å². The minimum atomic E-state index is -0.555. The lowest BCUT2D eigenvalue weighted by Crippen LogP contribution is -2.39. The van der Waals surface area contributed by atoms with Gasteiger partial charge in [-0.1, -0.05) is 6.07 Å². The Morgan fingerprint density at radius 2 is 1.84 bits per heavy atom. The number of nitro benzene ring substituents is 1. The zero-order valence-corrected chi connectivity index (χ0v) is 13.4. The number of carbonyl (C=O) groups excluding carboxylic acids is 3. The Balaban J connectivity index is 1.45. The molecule has 8 heteroatoms. The van der Waals surface area contributed by atoms with Crippen LogP contribution >= 0.6 is 0 Å². The minimum Gasteiger partial charge on any atom is -0.324 e. The highest BCUT2D eigenvalue weighted by atomic mass is 16.6. The smallest absolute Gasteiger partial charge is 0.271 e. The molecule has 1 aromatic carbocycles. The summed E-state index contributed by atoms with van der Waals surface area (Å²) in [5.41, 5.74) is 0.121. The van der Waals surface area contributed by atoms with Gasteiger partial charge in [-0.2, -0.15) is 0 Å². The number of imide groups is 1. The number of hydrogen-bond donors (Lipinski definition) is 1. The molecule has 3 aliphatic rings. The number of amides is 3. The van der Waals surface area contributed by atoms with E-state index in [4.69, 9.17) is 0 Å². The predicted octanol–water partition coefficient (Wildman–Crippen LogP) is 1.56. The molecule has 3 fully saturated rings. The van der Waals surface area contributed by atoms with Crippen LogP contribution in [-0.2, 0) is 14.4 Å². The van der Waals surface area contributed by atoms with Gasteiger partial charge in [0.15, 0.2) is 0 Å². The van der Waals surface area contributed by atoms with Crippen molar-refractivity contribution >= 4 is 29.1 Å². The van der Waals surface area contributed by atoms with Gasteiger partial charge in [0.25, 0.3) is 5.69 Å². The monoisotopic (exact) mass is 343 g/mol. The van der Waals surface area contributed by atoms with Crippen molar-refractivity contribution in [1.82, 2.24) is 4.90 Å². The highest BCUT2D eigenvalue weighted by Crippen LogP contribution is 2.56. The molecule has 25 heavy (non-hydrogen) atoms. The van der Waals surface area contributed by atoms with Crippen molar-refractivity contribution in [1.29, 1.82) is 0 Å². The maximum absolute atomic E-state index is 12.6. The van der Waals surface area contributed by atoms with Crippen LogP contribution in [0.25, 0.3) is 0 Å².